The second kappa shape index (κ2) is 8.73. The van der Waals surface area contributed by atoms with Crippen molar-refractivity contribution in [2.75, 3.05) is 54.5 Å². The van der Waals surface area contributed by atoms with Crippen molar-refractivity contribution in [3.05, 3.63) is 65.0 Å². The third-order valence-electron chi connectivity index (χ3n) is 6.04. The topological polar surface area (TPSA) is 44.8 Å². The van der Waals surface area contributed by atoms with Crippen LogP contribution in [0.1, 0.15) is 22.2 Å². The fraction of sp³-hybridized carbons (Fsp3) is 0.320. The Morgan fingerprint density at radius 1 is 1.06 bits per heavy atom. The molecular weight excluding hydrogens is 406 g/mol. The molecule has 5 nitrogen and oxygen atoms in total. The van der Waals surface area contributed by atoms with Crippen molar-refractivity contribution in [3.63, 3.8) is 0 Å². The lowest BCUT2D eigenvalue weighted by molar-refractivity contribution is 0.103. The van der Waals surface area contributed by atoms with Gasteiger partial charge in [-0.2, -0.15) is 0 Å². The van der Waals surface area contributed by atoms with Gasteiger partial charge in [-0.1, -0.05) is 36.4 Å². The zero-order valence-corrected chi connectivity index (χ0v) is 18.6. The first kappa shape index (κ1) is 20.1. The minimum atomic E-state index is -0.0531. The molecule has 0 aliphatic carbocycles. The summed E-state index contributed by atoms with van der Waals surface area (Å²) in [6, 6.07) is 18.6. The van der Waals surface area contributed by atoms with Crippen LogP contribution >= 0.6 is 11.3 Å². The highest BCUT2D eigenvalue weighted by atomic mass is 32.1. The predicted octanol–water partition coefficient (Wildman–Crippen LogP) is 4.89. The zero-order chi connectivity index (χ0) is 21.2. The van der Waals surface area contributed by atoms with Gasteiger partial charge in [-0.25, -0.2) is 0 Å². The van der Waals surface area contributed by atoms with Crippen molar-refractivity contribution in [3.8, 4) is 11.1 Å². The summed E-state index contributed by atoms with van der Waals surface area (Å²) in [7, 11) is 0. The summed E-state index contributed by atoms with van der Waals surface area (Å²) in [4.78, 5) is 18.6. The molecule has 1 aromatic heterocycles. The molecule has 0 spiro atoms. The molecule has 1 N–H and O–H groups in total. The predicted molar refractivity (Wildman–Crippen MR) is 129 cm³/mol. The molecule has 1 amide bonds. The van der Waals surface area contributed by atoms with Crippen LogP contribution in [-0.2, 0) is 11.2 Å². The Hall–Kier alpha value is -2.83. The zero-order valence-electron chi connectivity index (χ0n) is 17.8. The fourth-order valence-corrected chi connectivity index (χ4v) is 5.49. The average molecular weight is 434 g/mol. The van der Waals surface area contributed by atoms with Crippen molar-refractivity contribution in [1.82, 2.24) is 0 Å². The first-order chi connectivity index (χ1) is 15.2. The molecule has 31 heavy (non-hydrogen) atoms. The van der Waals surface area contributed by atoms with Gasteiger partial charge in [0.25, 0.3) is 5.91 Å². The molecule has 6 heteroatoms. The van der Waals surface area contributed by atoms with Gasteiger partial charge in [0.15, 0.2) is 0 Å². The number of anilines is 3. The minimum Gasteiger partial charge on any atom is -0.378 e. The molecule has 1 saturated heterocycles. The number of hydrogen-bond acceptors (Lipinski definition) is 5. The van der Waals surface area contributed by atoms with Gasteiger partial charge >= 0.3 is 0 Å². The second-order valence-electron chi connectivity index (χ2n) is 7.92. The van der Waals surface area contributed by atoms with Crippen LogP contribution in [0.5, 0.6) is 0 Å². The van der Waals surface area contributed by atoms with Crippen LogP contribution in [0.4, 0.5) is 16.4 Å². The van der Waals surface area contributed by atoms with Crippen molar-refractivity contribution in [2.45, 2.75) is 13.3 Å². The van der Waals surface area contributed by atoms with Gasteiger partial charge in [0.05, 0.1) is 23.1 Å². The van der Waals surface area contributed by atoms with Crippen LogP contribution in [0.3, 0.4) is 0 Å². The maximum Gasteiger partial charge on any atom is 0.265 e. The summed E-state index contributed by atoms with van der Waals surface area (Å²) in [6.45, 7) is 7.34. The number of carbonyl (C=O) groups is 1. The van der Waals surface area contributed by atoms with E-state index in [0.717, 1.165) is 72.5 Å². The lowest BCUT2D eigenvalue weighted by atomic mass is 10.1. The van der Waals surface area contributed by atoms with E-state index in [1.54, 1.807) is 11.3 Å². The van der Waals surface area contributed by atoms with Gasteiger partial charge in [-0.3, -0.25) is 4.79 Å². The minimum absolute atomic E-state index is 0.0531. The molecule has 3 heterocycles. The van der Waals surface area contributed by atoms with Gasteiger partial charge < -0.3 is 19.9 Å². The van der Waals surface area contributed by atoms with E-state index >= 15 is 0 Å². The number of benzene rings is 2. The van der Waals surface area contributed by atoms with Crippen LogP contribution in [0, 0.1) is 0 Å². The first-order valence-electron chi connectivity index (χ1n) is 10.9. The quantitative estimate of drug-likeness (QED) is 0.623. The molecule has 0 radical (unpaired) electrons. The molecule has 0 atom stereocenters. The maximum absolute atomic E-state index is 13.2. The number of likely N-dealkylation sites (N-methyl/N-ethyl adjacent to an activating group) is 1. The van der Waals surface area contributed by atoms with Crippen LogP contribution < -0.4 is 15.1 Å². The van der Waals surface area contributed by atoms with E-state index in [0.29, 0.717) is 0 Å². The van der Waals surface area contributed by atoms with Crippen LogP contribution in [0.2, 0.25) is 0 Å². The Bertz CT molecular complexity index is 1070. The normalized spacial score (nSPS) is 15.8. The number of fused-ring (bicyclic) bond motifs is 1. The smallest absolute Gasteiger partial charge is 0.265 e. The molecule has 2 aliphatic rings. The van der Waals surface area contributed by atoms with E-state index in [9.17, 15) is 4.79 Å². The third kappa shape index (κ3) is 4.05. The molecule has 160 valence electrons. The number of ether oxygens (including phenoxy) is 1. The third-order valence-corrected chi connectivity index (χ3v) is 7.23. The molecule has 0 unspecified atom stereocenters. The molecule has 2 aliphatic heterocycles. The number of morpholine rings is 1. The Balaban J connectivity index is 1.43. The average Bonchev–Trinajstić information content (AvgIpc) is 3.45. The highest BCUT2D eigenvalue weighted by Crippen LogP contribution is 2.40. The van der Waals surface area contributed by atoms with Crippen molar-refractivity contribution >= 4 is 33.6 Å². The molecule has 1 fully saturated rings. The summed E-state index contributed by atoms with van der Waals surface area (Å²) in [6.07, 6.45) is 1.08. The fourth-order valence-electron chi connectivity index (χ4n) is 4.36. The van der Waals surface area contributed by atoms with E-state index in [1.165, 1.54) is 11.3 Å². The summed E-state index contributed by atoms with van der Waals surface area (Å²) in [5.74, 6) is -0.0531. The van der Waals surface area contributed by atoms with E-state index in [2.05, 4.69) is 46.3 Å². The number of thiophene rings is 1. The Kier molecular flexibility index (Phi) is 5.66. The number of amides is 1. The van der Waals surface area contributed by atoms with Gasteiger partial charge in [-0.05, 0) is 42.7 Å². The Morgan fingerprint density at radius 3 is 2.65 bits per heavy atom. The molecule has 0 saturated carbocycles. The number of nitrogens with one attached hydrogen (secondary N) is 1. The largest absolute Gasteiger partial charge is 0.378 e. The summed E-state index contributed by atoms with van der Waals surface area (Å²) >= 11 is 1.57. The Labute approximate surface area is 187 Å². The van der Waals surface area contributed by atoms with E-state index in [-0.39, 0.29) is 5.91 Å². The lowest BCUT2D eigenvalue weighted by Gasteiger charge is -2.28. The monoisotopic (exact) mass is 433 g/mol. The maximum atomic E-state index is 13.2. The number of hydrogen-bond donors (Lipinski definition) is 1. The van der Waals surface area contributed by atoms with Gasteiger partial charge in [0.2, 0.25) is 0 Å². The molecule has 2 aromatic carbocycles. The van der Waals surface area contributed by atoms with Crippen molar-refractivity contribution < 1.29 is 9.53 Å². The summed E-state index contributed by atoms with van der Waals surface area (Å²) in [5.41, 5.74) is 5.70. The van der Waals surface area contributed by atoms with Gasteiger partial charge in [0, 0.05) is 43.1 Å². The van der Waals surface area contributed by atoms with E-state index in [4.69, 9.17) is 4.74 Å². The van der Waals surface area contributed by atoms with Gasteiger partial charge in [0.1, 0.15) is 0 Å². The summed E-state index contributed by atoms with van der Waals surface area (Å²) in [5, 5.41) is 4.27. The molecular formula is C25H27N3O2S. The highest BCUT2D eigenvalue weighted by Gasteiger charge is 2.23. The first-order valence-corrected chi connectivity index (χ1v) is 11.8. The van der Waals surface area contributed by atoms with Crippen molar-refractivity contribution in [1.29, 1.82) is 0 Å². The van der Waals surface area contributed by atoms with Crippen LogP contribution in [0.15, 0.2) is 54.6 Å². The number of carbonyl (C=O) groups excluding carboxylic acids is 1. The highest BCUT2D eigenvalue weighted by molar-refractivity contribution is 7.18. The number of nitrogens with zero attached hydrogens (tertiary/aromatic N) is 2. The van der Waals surface area contributed by atoms with Crippen LogP contribution in [-0.4, -0.2) is 45.3 Å². The van der Waals surface area contributed by atoms with E-state index < -0.39 is 0 Å². The van der Waals surface area contributed by atoms with Crippen molar-refractivity contribution in [2.24, 2.45) is 0 Å². The molecule has 5 rings (SSSR count). The standard InChI is InChI=1S/C25H27N3O2S/c1-2-27-11-10-19-8-9-20(16-22(19)27)26-24(29)23-17-21(18-6-4-3-5-7-18)25(31-23)28-12-14-30-15-13-28/h3-9,16-17H,2,10-15H2,1H3,(H,26,29). The second-order valence-corrected chi connectivity index (χ2v) is 8.95. The molecule has 0 bridgehead atoms. The molecule has 3 aromatic rings. The lowest BCUT2D eigenvalue weighted by Crippen LogP contribution is -2.35. The summed E-state index contributed by atoms with van der Waals surface area (Å²) < 4.78 is 5.53. The SMILES string of the molecule is CCN1CCc2ccc(NC(=O)c3cc(-c4ccccc4)c(N4CCOCC4)s3)cc21. The number of rotatable bonds is 5. The van der Waals surface area contributed by atoms with E-state index in [1.807, 2.05) is 30.3 Å². The van der Waals surface area contributed by atoms with Gasteiger partial charge in [-0.15, -0.1) is 11.3 Å². The van der Waals surface area contributed by atoms with Crippen LogP contribution in [0.25, 0.3) is 11.1 Å². The Morgan fingerprint density at radius 2 is 1.87 bits per heavy atom.